The van der Waals surface area contributed by atoms with Gasteiger partial charge in [-0.1, -0.05) is 56.3 Å². The minimum Gasteiger partial charge on any atom is -0.352 e. The maximum absolute atomic E-state index is 12.5. The van der Waals surface area contributed by atoms with Gasteiger partial charge in [0, 0.05) is 12.6 Å². The third kappa shape index (κ3) is 4.08. The van der Waals surface area contributed by atoms with Crippen molar-refractivity contribution in [3.05, 3.63) is 48.0 Å². The van der Waals surface area contributed by atoms with E-state index in [-0.39, 0.29) is 17.9 Å². The van der Waals surface area contributed by atoms with Crippen LogP contribution in [0.25, 0.3) is 10.8 Å². The van der Waals surface area contributed by atoms with Gasteiger partial charge in [0.15, 0.2) is 0 Å². The molecule has 0 aliphatic heterocycles. The lowest BCUT2D eigenvalue weighted by Crippen LogP contribution is -2.42. The molecule has 2 aromatic carbocycles. The van der Waals surface area contributed by atoms with Crippen molar-refractivity contribution in [2.45, 2.75) is 39.2 Å². The molecule has 118 valence electrons. The lowest BCUT2D eigenvalue weighted by Gasteiger charge is -2.21. The third-order valence-electron chi connectivity index (χ3n) is 4.05. The highest BCUT2D eigenvalue weighted by Gasteiger charge is 2.19. The molecule has 0 saturated carbocycles. The number of nitrogens with two attached hydrogens (primary N) is 1. The van der Waals surface area contributed by atoms with Crippen LogP contribution in [-0.4, -0.2) is 18.5 Å². The molecule has 0 bridgehead atoms. The van der Waals surface area contributed by atoms with Gasteiger partial charge in [-0.2, -0.15) is 0 Å². The lowest BCUT2D eigenvalue weighted by molar-refractivity contribution is -0.122. The molecule has 1 amide bonds. The molecule has 0 radical (unpaired) electrons. The summed E-state index contributed by atoms with van der Waals surface area (Å²) in [4.78, 5) is 12.5. The van der Waals surface area contributed by atoms with Crippen molar-refractivity contribution >= 4 is 16.7 Å². The number of fused-ring (bicyclic) bond motifs is 1. The van der Waals surface area contributed by atoms with E-state index in [0.29, 0.717) is 12.5 Å². The zero-order valence-electron chi connectivity index (χ0n) is 13.7. The van der Waals surface area contributed by atoms with Crippen molar-refractivity contribution in [3.63, 3.8) is 0 Å². The van der Waals surface area contributed by atoms with Gasteiger partial charge in [-0.15, -0.1) is 0 Å². The van der Waals surface area contributed by atoms with Crippen LogP contribution in [0.3, 0.4) is 0 Å². The Balaban J connectivity index is 2.11. The van der Waals surface area contributed by atoms with E-state index in [0.717, 1.165) is 17.4 Å². The zero-order valence-corrected chi connectivity index (χ0v) is 13.7. The SMILES string of the molecule is CC(C)CC(CN)NC(=O)C(C)c1ccc2ccccc2c1. The number of hydrogen-bond acceptors (Lipinski definition) is 2. The van der Waals surface area contributed by atoms with E-state index >= 15 is 0 Å². The highest BCUT2D eigenvalue weighted by Crippen LogP contribution is 2.22. The summed E-state index contributed by atoms with van der Waals surface area (Å²) >= 11 is 0. The summed E-state index contributed by atoms with van der Waals surface area (Å²) in [6, 6.07) is 14.5. The third-order valence-corrected chi connectivity index (χ3v) is 4.05. The normalized spacial score (nSPS) is 14.0. The molecule has 2 rings (SSSR count). The molecule has 2 atom stereocenters. The molecule has 0 aliphatic carbocycles. The molecule has 3 nitrogen and oxygen atoms in total. The molecule has 0 spiro atoms. The van der Waals surface area contributed by atoms with Gasteiger partial charge in [-0.05, 0) is 35.6 Å². The van der Waals surface area contributed by atoms with Crippen LogP contribution in [0.5, 0.6) is 0 Å². The molecule has 0 fully saturated rings. The van der Waals surface area contributed by atoms with E-state index < -0.39 is 0 Å². The molecule has 2 unspecified atom stereocenters. The van der Waals surface area contributed by atoms with Crippen molar-refractivity contribution in [1.82, 2.24) is 5.32 Å². The standard InChI is InChI=1S/C19H26N2O/c1-13(2)10-18(12-20)21-19(22)14(3)16-9-8-15-6-4-5-7-17(15)11-16/h4-9,11,13-14,18H,10,12,20H2,1-3H3,(H,21,22). The van der Waals surface area contributed by atoms with Gasteiger partial charge in [0.05, 0.1) is 5.92 Å². The monoisotopic (exact) mass is 298 g/mol. The second kappa shape index (κ2) is 7.41. The Labute approximate surface area is 132 Å². The first-order valence-electron chi connectivity index (χ1n) is 8.00. The quantitative estimate of drug-likeness (QED) is 0.858. The van der Waals surface area contributed by atoms with Gasteiger partial charge in [0.1, 0.15) is 0 Å². The van der Waals surface area contributed by atoms with E-state index in [2.05, 4.69) is 43.4 Å². The molecule has 0 saturated heterocycles. The Kier molecular flexibility index (Phi) is 5.56. The van der Waals surface area contributed by atoms with Crippen LogP contribution in [0.4, 0.5) is 0 Å². The maximum Gasteiger partial charge on any atom is 0.227 e. The van der Waals surface area contributed by atoms with E-state index in [1.807, 2.05) is 25.1 Å². The van der Waals surface area contributed by atoms with Crippen molar-refractivity contribution in [1.29, 1.82) is 0 Å². The van der Waals surface area contributed by atoms with Crippen LogP contribution in [0.1, 0.15) is 38.7 Å². The van der Waals surface area contributed by atoms with Gasteiger partial charge in [0.2, 0.25) is 5.91 Å². The Morgan fingerprint density at radius 2 is 1.77 bits per heavy atom. The fraction of sp³-hybridized carbons (Fsp3) is 0.421. The number of amides is 1. The van der Waals surface area contributed by atoms with Gasteiger partial charge < -0.3 is 11.1 Å². The minimum atomic E-state index is -0.175. The van der Waals surface area contributed by atoms with Crippen molar-refractivity contribution in [2.24, 2.45) is 11.7 Å². The average molecular weight is 298 g/mol. The van der Waals surface area contributed by atoms with Gasteiger partial charge in [0.25, 0.3) is 0 Å². The number of nitrogens with one attached hydrogen (secondary N) is 1. The van der Waals surface area contributed by atoms with Crippen LogP contribution >= 0.6 is 0 Å². The average Bonchev–Trinajstić information content (AvgIpc) is 2.52. The molecule has 3 N–H and O–H groups in total. The second-order valence-corrected chi connectivity index (χ2v) is 6.40. The second-order valence-electron chi connectivity index (χ2n) is 6.40. The Hall–Kier alpha value is -1.87. The van der Waals surface area contributed by atoms with Crippen LogP contribution in [0.2, 0.25) is 0 Å². The fourth-order valence-corrected chi connectivity index (χ4v) is 2.74. The van der Waals surface area contributed by atoms with E-state index in [9.17, 15) is 4.79 Å². The Morgan fingerprint density at radius 1 is 1.09 bits per heavy atom. The maximum atomic E-state index is 12.5. The van der Waals surface area contributed by atoms with Crippen LogP contribution in [0, 0.1) is 5.92 Å². The number of carbonyl (C=O) groups excluding carboxylic acids is 1. The molecular formula is C19H26N2O. The summed E-state index contributed by atoms with van der Waals surface area (Å²) in [6.07, 6.45) is 0.909. The van der Waals surface area contributed by atoms with Gasteiger partial charge in [-0.25, -0.2) is 0 Å². The molecule has 0 heterocycles. The first-order chi connectivity index (χ1) is 10.5. The molecule has 0 aromatic heterocycles. The summed E-state index contributed by atoms with van der Waals surface area (Å²) in [6.45, 7) is 6.71. The minimum absolute atomic E-state index is 0.0476. The molecule has 22 heavy (non-hydrogen) atoms. The Bertz CT molecular complexity index is 636. The van der Waals surface area contributed by atoms with Gasteiger partial charge >= 0.3 is 0 Å². The fourth-order valence-electron chi connectivity index (χ4n) is 2.74. The number of carbonyl (C=O) groups is 1. The smallest absolute Gasteiger partial charge is 0.227 e. The summed E-state index contributed by atoms with van der Waals surface area (Å²) < 4.78 is 0. The number of rotatable bonds is 6. The summed E-state index contributed by atoms with van der Waals surface area (Å²) in [5, 5.41) is 5.44. The van der Waals surface area contributed by atoms with Crippen LogP contribution in [0.15, 0.2) is 42.5 Å². The predicted molar refractivity (Wildman–Crippen MR) is 92.8 cm³/mol. The van der Waals surface area contributed by atoms with Crippen molar-refractivity contribution < 1.29 is 4.79 Å². The van der Waals surface area contributed by atoms with Crippen LogP contribution in [-0.2, 0) is 4.79 Å². The molecule has 2 aromatic rings. The first kappa shape index (κ1) is 16.5. The van der Waals surface area contributed by atoms with E-state index in [1.54, 1.807) is 0 Å². The number of benzene rings is 2. The predicted octanol–water partition coefficient (Wildman–Crippen LogP) is 3.43. The molecule has 3 heteroatoms. The summed E-state index contributed by atoms with van der Waals surface area (Å²) in [5.74, 6) is 0.391. The first-order valence-corrected chi connectivity index (χ1v) is 8.00. The van der Waals surface area contributed by atoms with Crippen molar-refractivity contribution in [2.75, 3.05) is 6.54 Å². The zero-order chi connectivity index (χ0) is 16.1. The van der Waals surface area contributed by atoms with Gasteiger partial charge in [-0.3, -0.25) is 4.79 Å². The Morgan fingerprint density at radius 3 is 2.41 bits per heavy atom. The molecular weight excluding hydrogens is 272 g/mol. The van der Waals surface area contributed by atoms with E-state index in [4.69, 9.17) is 5.73 Å². The topological polar surface area (TPSA) is 55.1 Å². The van der Waals surface area contributed by atoms with Crippen molar-refractivity contribution in [3.8, 4) is 0 Å². The highest BCUT2D eigenvalue weighted by atomic mass is 16.1. The van der Waals surface area contributed by atoms with Crippen LogP contribution < -0.4 is 11.1 Å². The summed E-state index contributed by atoms with van der Waals surface area (Å²) in [7, 11) is 0. The molecule has 0 aliphatic rings. The lowest BCUT2D eigenvalue weighted by atomic mass is 9.96. The van der Waals surface area contributed by atoms with E-state index in [1.165, 1.54) is 5.39 Å². The highest BCUT2D eigenvalue weighted by molar-refractivity contribution is 5.87. The largest absolute Gasteiger partial charge is 0.352 e. The number of hydrogen-bond donors (Lipinski definition) is 2. The summed E-state index contributed by atoms with van der Waals surface area (Å²) in [5.41, 5.74) is 6.81.